The lowest BCUT2D eigenvalue weighted by molar-refractivity contribution is -0.104. The van der Waals surface area contributed by atoms with E-state index in [-0.39, 0.29) is 16.6 Å². The second-order valence-electron chi connectivity index (χ2n) is 5.95. The number of benzene rings is 1. The molecule has 6 heteroatoms. The van der Waals surface area contributed by atoms with Crippen molar-refractivity contribution in [1.29, 1.82) is 0 Å². The number of carbonyl (C=O) groups is 1. The summed E-state index contributed by atoms with van der Waals surface area (Å²) in [6, 6.07) is 8.31. The molecule has 1 aromatic heterocycles. The van der Waals surface area contributed by atoms with Gasteiger partial charge in [0.15, 0.2) is 0 Å². The predicted octanol–water partition coefficient (Wildman–Crippen LogP) is 2.44. The number of halogens is 1. The normalized spacial score (nSPS) is 23.1. The average molecular weight is 330 g/mol. The number of carbonyl (C=O) groups excluding carboxylic acids is 1. The van der Waals surface area contributed by atoms with Crippen LogP contribution in [0.25, 0.3) is 0 Å². The molecule has 1 saturated heterocycles. The highest BCUT2D eigenvalue weighted by Gasteiger charge is 2.44. The Kier molecular flexibility index (Phi) is 3.54. The maximum atomic E-state index is 12.8. The van der Waals surface area contributed by atoms with Gasteiger partial charge in [-0.3, -0.25) is 4.79 Å². The molecule has 1 aliphatic carbocycles. The number of ether oxygens (including phenoxy) is 1. The molecule has 118 valence electrons. The topological polar surface area (TPSA) is 55.3 Å². The summed E-state index contributed by atoms with van der Waals surface area (Å²) in [5.74, 6) is -0.163. The van der Waals surface area contributed by atoms with Gasteiger partial charge in [-0.15, -0.1) is 0 Å². The Hall–Kier alpha value is -1.98. The molecule has 23 heavy (non-hydrogen) atoms. The number of morpholine rings is 1. The van der Waals surface area contributed by atoms with E-state index in [0.29, 0.717) is 19.7 Å². The summed E-state index contributed by atoms with van der Waals surface area (Å²) < 4.78 is 6.14. The van der Waals surface area contributed by atoms with Crippen LogP contribution in [0.5, 0.6) is 0 Å². The van der Waals surface area contributed by atoms with Gasteiger partial charge in [-0.2, -0.15) is 0 Å². The van der Waals surface area contributed by atoms with Gasteiger partial charge in [0, 0.05) is 12.7 Å². The van der Waals surface area contributed by atoms with Gasteiger partial charge >= 0.3 is 0 Å². The summed E-state index contributed by atoms with van der Waals surface area (Å²) in [6.45, 7) is 1.59. The van der Waals surface area contributed by atoms with Crippen molar-refractivity contribution in [3.63, 3.8) is 0 Å². The average Bonchev–Trinajstić information content (AvgIpc) is 2.93. The Morgan fingerprint density at radius 3 is 3.09 bits per heavy atom. The highest BCUT2D eigenvalue weighted by molar-refractivity contribution is 6.33. The van der Waals surface area contributed by atoms with E-state index in [1.54, 1.807) is 4.90 Å². The molecular weight excluding hydrogens is 314 g/mol. The lowest BCUT2D eigenvalue weighted by atomic mass is 9.93. The Labute approximate surface area is 139 Å². The van der Waals surface area contributed by atoms with Gasteiger partial charge in [-0.1, -0.05) is 35.9 Å². The molecule has 2 aliphatic rings. The fourth-order valence-electron chi connectivity index (χ4n) is 3.55. The molecule has 1 aliphatic heterocycles. The maximum absolute atomic E-state index is 12.8. The summed E-state index contributed by atoms with van der Waals surface area (Å²) >= 11 is 6.07. The third-order valence-electron chi connectivity index (χ3n) is 4.65. The fraction of sp³-hybridized carbons (Fsp3) is 0.353. The van der Waals surface area contributed by atoms with Crippen LogP contribution in [0.3, 0.4) is 0 Å². The number of aromatic nitrogens is 2. The van der Waals surface area contributed by atoms with Crippen LogP contribution in [0.15, 0.2) is 36.8 Å². The lowest BCUT2D eigenvalue weighted by Gasteiger charge is -2.41. The molecule has 0 bridgehead atoms. The highest BCUT2D eigenvalue weighted by atomic mass is 35.5. The fourth-order valence-corrected chi connectivity index (χ4v) is 3.73. The molecule has 1 fully saturated rings. The van der Waals surface area contributed by atoms with Crippen molar-refractivity contribution in [2.24, 2.45) is 0 Å². The number of amides is 1. The summed E-state index contributed by atoms with van der Waals surface area (Å²) in [5.41, 5.74) is 2.36. The van der Waals surface area contributed by atoms with E-state index in [4.69, 9.17) is 16.3 Å². The Morgan fingerprint density at radius 2 is 2.22 bits per heavy atom. The van der Waals surface area contributed by atoms with Gasteiger partial charge in [0.05, 0.1) is 18.2 Å². The first-order valence-electron chi connectivity index (χ1n) is 7.67. The first-order chi connectivity index (χ1) is 11.2. The monoisotopic (exact) mass is 329 g/mol. The second kappa shape index (κ2) is 5.58. The second-order valence-corrected chi connectivity index (χ2v) is 6.35. The third-order valence-corrected chi connectivity index (χ3v) is 4.93. The summed E-state index contributed by atoms with van der Waals surface area (Å²) in [5, 5.41) is 0.282. The SMILES string of the molecule is O=C(c1ncncc1Cl)N1CCOC2(CCc3ccccc32)C1. The van der Waals surface area contributed by atoms with Crippen molar-refractivity contribution < 1.29 is 9.53 Å². The third kappa shape index (κ3) is 2.40. The van der Waals surface area contributed by atoms with Crippen LogP contribution < -0.4 is 0 Å². The van der Waals surface area contributed by atoms with Crippen molar-refractivity contribution in [3.05, 3.63) is 58.6 Å². The molecule has 1 spiro atoms. The van der Waals surface area contributed by atoms with E-state index in [1.165, 1.54) is 23.7 Å². The first kappa shape index (κ1) is 14.6. The number of nitrogens with zero attached hydrogens (tertiary/aromatic N) is 3. The molecule has 0 radical (unpaired) electrons. The van der Waals surface area contributed by atoms with E-state index < -0.39 is 5.60 Å². The molecule has 2 aromatic rings. The smallest absolute Gasteiger partial charge is 0.274 e. The summed E-state index contributed by atoms with van der Waals surface area (Å²) in [4.78, 5) is 22.4. The Morgan fingerprint density at radius 1 is 1.35 bits per heavy atom. The van der Waals surface area contributed by atoms with Crippen molar-refractivity contribution in [3.8, 4) is 0 Å². The summed E-state index contributed by atoms with van der Waals surface area (Å²) in [6.07, 6.45) is 4.67. The van der Waals surface area contributed by atoms with Crippen LogP contribution in [0.4, 0.5) is 0 Å². The predicted molar refractivity (Wildman–Crippen MR) is 85.3 cm³/mol. The molecule has 4 rings (SSSR count). The maximum Gasteiger partial charge on any atom is 0.274 e. The largest absolute Gasteiger partial charge is 0.367 e. The van der Waals surface area contributed by atoms with Gasteiger partial charge in [-0.25, -0.2) is 9.97 Å². The molecule has 0 N–H and O–H groups in total. The van der Waals surface area contributed by atoms with Gasteiger partial charge in [0.1, 0.15) is 17.6 Å². The van der Waals surface area contributed by atoms with Gasteiger partial charge < -0.3 is 9.64 Å². The quantitative estimate of drug-likeness (QED) is 0.806. The van der Waals surface area contributed by atoms with Crippen molar-refractivity contribution >= 4 is 17.5 Å². The zero-order valence-electron chi connectivity index (χ0n) is 12.5. The van der Waals surface area contributed by atoms with Crippen LogP contribution in [-0.2, 0) is 16.8 Å². The molecular formula is C17H16ClN3O2. The number of rotatable bonds is 1. The van der Waals surface area contributed by atoms with Crippen LogP contribution in [0.2, 0.25) is 5.02 Å². The van der Waals surface area contributed by atoms with Gasteiger partial charge in [0.25, 0.3) is 5.91 Å². The minimum Gasteiger partial charge on any atom is -0.367 e. The molecule has 1 atom stereocenters. The molecule has 1 aromatic carbocycles. The van der Waals surface area contributed by atoms with Crippen LogP contribution >= 0.6 is 11.6 Å². The number of aryl methyl sites for hydroxylation is 1. The van der Waals surface area contributed by atoms with E-state index >= 15 is 0 Å². The summed E-state index contributed by atoms with van der Waals surface area (Å²) in [7, 11) is 0. The highest BCUT2D eigenvalue weighted by Crippen LogP contribution is 2.42. The standard InChI is InChI=1S/C17H16ClN3O2/c18-14-9-19-11-20-15(14)16(22)21-7-8-23-17(10-21)6-5-12-3-1-2-4-13(12)17/h1-4,9,11H,5-8,10H2. The zero-order chi connectivity index (χ0) is 15.9. The number of hydrogen-bond donors (Lipinski definition) is 0. The molecule has 0 saturated carbocycles. The lowest BCUT2D eigenvalue weighted by Crippen LogP contribution is -2.51. The van der Waals surface area contributed by atoms with Gasteiger partial charge in [0.2, 0.25) is 0 Å². The first-order valence-corrected chi connectivity index (χ1v) is 8.04. The molecule has 5 nitrogen and oxygen atoms in total. The number of hydrogen-bond acceptors (Lipinski definition) is 4. The van der Waals surface area contributed by atoms with Crippen LogP contribution in [-0.4, -0.2) is 40.5 Å². The zero-order valence-corrected chi connectivity index (χ0v) is 13.3. The van der Waals surface area contributed by atoms with Crippen molar-refractivity contribution in [2.75, 3.05) is 19.7 Å². The number of fused-ring (bicyclic) bond motifs is 2. The van der Waals surface area contributed by atoms with Crippen LogP contribution in [0.1, 0.15) is 28.0 Å². The van der Waals surface area contributed by atoms with Gasteiger partial charge in [-0.05, 0) is 24.0 Å². The Balaban J connectivity index is 1.64. The van der Waals surface area contributed by atoms with Crippen LogP contribution in [0, 0.1) is 0 Å². The van der Waals surface area contributed by atoms with E-state index in [1.807, 2.05) is 12.1 Å². The van der Waals surface area contributed by atoms with E-state index in [0.717, 1.165) is 12.8 Å². The minimum absolute atomic E-state index is 0.163. The molecule has 1 unspecified atom stereocenters. The van der Waals surface area contributed by atoms with E-state index in [2.05, 4.69) is 22.1 Å². The van der Waals surface area contributed by atoms with Crippen molar-refractivity contribution in [2.45, 2.75) is 18.4 Å². The minimum atomic E-state index is -0.399. The Bertz CT molecular complexity index is 763. The van der Waals surface area contributed by atoms with Crippen molar-refractivity contribution in [1.82, 2.24) is 14.9 Å². The molecule has 1 amide bonds. The molecule has 2 heterocycles. The van der Waals surface area contributed by atoms with E-state index in [9.17, 15) is 4.79 Å².